The van der Waals surface area contributed by atoms with E-state index in [0.717, 1.165) is 11.3 Å². The van der Waals surface area contributed by atoms with Crippen LogP contribution >= 0.6 is 0 Å². The Kier molecular flexibility index (Phi) is 5.90. The number of benzene rings is 2. The van der Waals surface area contributed by atoms with Crippen molar-refractivity contribution in [3.63, 3.8) is 0 Å². The van der Waals surface area contributed by atoms with Crippen molar-refractivity contribution < 1.29 is 19.2 Å². The summed E-state index contributed by atoms with van der Waals surface area (Å²) in [5.74, 6) is 0.198. The molecule has 0 spiro atoms. The Hall–Kier alpha value is -3.39. The molecular weight excluding hydrogens is 362 g/mol. The Morgan fingerprint density at radius 2 is 2.04 bits per heavy atom. The van der Waals surface area contributed by atoms with Crippen molar-refractivity contribution >= 4 is 23.4 Å². The third-order valence-corrected chi connectivity index (χ3v) is 4.27. The standard InChI is InChI=1S/C20H21N3O5/c1-22(2)17-6-3-14(4-7-17)11-21-19(24)8-5-15-9-18(23(25)26)10-16-12-27-13-28-20(15)16/h3-10H,11-13H2,1-2H3,(H,21,24)/b8-5+. The van der Waals surface area contributed by atoms with Gasteiger partial charge in [-0.25, -0.2) is 0 Å². The molecule has 0 bridgehead atoms. The summed E-state index contributed by atoms with van der Waals surface area (Å²) in [5, 5.41) is 13.9. The molecule has 3 rings (SSSR count). The highest BCUT2D eigenvalue weighted by atomic mass is 16.7. The monoisotopic (exact) mass is 383 g/mol. The van der Waals surface area contributed by atoms with Crippen LogP contribution in [0.4, 0.5) is 11.4 Å². The fourth-order valence-corrected chi connectivity index (χ4v) is 2.79. The smallest absolute Gasteiger partial charge is 0.270 e. The summed E-state index contributed by atoms with van der Waals surface area (Å²) in [6.45, 7) is 0.683. The van der Waals surface area contributed by atoms with Crippen LogP contribution in [0.5, 0.6) is 5.75 Å². The van der Waals surface area contributed by atoms with Gasteiger partial charge in [-0.2, -0.15) is 0 Å². The minimum absolute atomic E-state index is 0.0702. The van der Waals surface area contributed by atoms with Crippen LogP contribution in [0.2, 0.25) is 0 Å². The van der Waals surface area contributed by atoms with Gasteiger partial charge in [0.05, 0.1) is 11.5 Å². The largest absolute Gasteiger partial charge is 0.467 e. The maximum absolute atomic E-state index is 12.1. The second kappa shape index (κ2) is 8.53. The normalized spacial score (nSPS) is 12.9. The van der Waals surface area contributed by atoms with Crippen LogP contribution in [0.1, 0.15) is 16.7 Å². The molecule has 8 nitrogen and oxygen atoms in total. The molecule has 2 aromatic rings. The molecule has 0 unspecified atom stereocenters. The summed E-state index contributed by atoms with van der Waals surface area (Å²) < 4.78 is 10.6. The number of nitro benzene ring substituents is 1. The van der Waals surface area contributed by atoms with Crippen molar-refractivity contribution in [3.05, 3.63) is 69.3 Å². The number of amides is 1. The molecule has 1 heterocycles. The Labute approximate surface area is 162 Å². The van der Waals surface area contributed by atoms with Crippen LogP contribution in [0.15, 0.2) is 42.5 Å². The van der Waals surface area contributed by atoms with E-state index in [1.165, 1.54) is 24.3 Å². The Morgan fingerprint density at radius 1 is 1.29 bits per heavy atom. The molecule has 1 aliphatic rings. The van der Waals surface area contributed by atoms with Gasteiger partial charge in [-0.1, -0.05) is 12.1 Å². The van der Waals surface area contributed by atoms with Crippen LogP contribution in [-0.4, -0.2) is 31.7 Å². The van der Waals surface area contributed by atoms with Gasteiger partial charge in [-0.15, -0.1) is 0 Å². The summed E-state index contributed by atoms with van der Waals surface area (Å²) in [6.07, 6.45) is 2.86. The SMILES string of the molecule is CN(C)c1ccc(CNC(=O)/C=C/c2cc([N+](=O)[O-])cc3c2OCOC3)cc1. The maximum Gasteiger partial charge on any atom is 0.270 e. The summed E-state index contributed by atoms with van der Waals surface area (Å²) >= 11 is 0. The zero-order valence-electron chi connectivity index (χ0n) is 15.7. The van der Waals surface area contributed by atoms with Crippen molar-refractivity contribution in [2.45, 2.75) is 13.2 Å². The molecule has 1 N–H and O–H groups in total. The van der Waals surface area contributed by atoms with E-state index in [9.17, 15) is 14.9 Å². The van der Waals surface area contributed by atoms with Crippen molar-refractivity contribution in [2.75, 3.05) is 25.8 Å². The average molecular weight is 383 g/mol. The van der Waals surface area contributed by atoms with E-state index < -0.39 is 4.92 Å². The Balaban J connectivity index is 1.68. The molecule has 0 fully saturated rings. The minimum atomic E-state index is -0.482. The van der Waals surface area contributed by atoms with E-state index in [2.05, 4.69) is 5.32 Å². The lowest BCUT2D eigenvalue weighted by atomic mass is 10.1. The number of nitrogens with one attached hydrogen (secondary N) is 1. The van der Waals surface area contributed by atoms with E-state index in [0.29, 0.717) is 23.4 Å². The summed E-state index contributed by atoms with van der Waals surface area (Å²) in [5.41, 5.74) is 3.03. The first-order valence-corrected chi connectivity index (χ1v) is 8.68. The zero-order chi connectivity index (χ0) is 20.1. The quantitative estimate of drug-likeness (QED) is 0.468. The van der Waals surface area contributed by atoms with E-state index in [4.69, 9.17) is 9.47 Å². The predicted molar refractivity (Wildman–Crippen MR) is 105 cm³/mol. The minimum Gasteiger partial charge on any atom is -0.467 e. The fourth-order valence-electron chi connectivity index (χ4n) is 2.79. The molecule has 0 atom stereocenters. The maximum atomic E-state index is 12.1. The lowest BCUT2D eigenvalue weighted by Crippen LogP contribution is -2.20. The third-order valence-electron chi connectivity index (χ3n) is 4.27. The first kappa shape index (κ1) is 19.4. The molecule has 2 aromatic carbocycles. The first-order chi connectivity index (χ1) is 13.4. The van der Waals surface area contributed by atoms with Crippen molar-refractivity contribution in [1.82, 2.24) is 5.32 Å². The number of carbonyl (C=O) groups excluding carboxylic acids is 1. The first-order valence-electron chi connectivity index (χ1n) is 8.68. The summed E-state index contributed by atoms with van der Waals surface area (Å²) in [4.78, 5) is 24.8. The van der Waals surface area contributed by atoms with Gasteiger partial charge in [0.2, 0.25) is 5.91 Å². The average Bonchev–Trinajstić information content (AvgIpc) is 2.70. The number of carbonyl (C=O) groups is 1. The number of nitrogens with zero attached hydrogens (tertiary/aromatic N) is 2. The number of non-ortho nitro benzene ring substituents is 1. The van der Waals surface area contributed by atoms with Gasteiger partial charge in [-0.05, 0) is 23.8 Å². The fraction of sp³-hybridized carbons (Fsp3) is 0.250. The van der Waals surface area contributed by atoms with Gasteiger partial charge in [0, 0.05) is 55.7 Å². The lowest BCUT2D eigenvalue weighted by molar-refractivity contribution is -0.385. The zero-order valence-corrected chi connectivity index (χ0v) is 15.7. The highest BCUT2D eigenvalue weighted by Crippen LogP contribution is 2.33. The number of ether oxygens (including phenoxy) is 2. The molecule has 0 saturated heterocycles. The lowest BCUT2D eigenvalue weighted by Gasteiger charge is -2.19. The van der Waals surface area contributed by atoms with Crippen molar-refractivity contribution in [3.8, 4) is 5.75 Å². The van der Waals surface area contributed by atoms with Gasteiger partial charge in [0.1, 0.15) is 5.75 Å². The van der Waals surface area contributed by atoms with E-state index >= 15 is 0 Å². The van der Waals surface area contributed by atoms with E-state index in [1.807, 2.05) is 43.3 Å². The second-order valence-electron chi connectivity index (χ2n) is 6.50. The van der Waals surface area contributed by atoms with Gasteiger partial charge < -0.3 is 19.7 Å². The van der Waals surface area contributed by atoms with Crippen LogP contribution < -0.4 is 15.0 Å². The van der Waals surface area contributed by atoms with Crippen LogP contribution in [0.25, 0.3) is 6.08 Å². The number of rotatable bonds is 6. The second-order valence-corrected chi connectivity index (χ2v) is 6.50. The molecule has 0 saturated carbocycles. The molecule has 28 heavy (non-hydrogen) atoms. The molecule has 0 aliphatic carbocycles. The summed E-state index contributed by atoms with van der Waals surface area (Å²) in [6, 6.07) is 10.7. The molecule has 8 heteroatoms. The van der Waals surface area contributed by atoms with Crippen molar-refractivity contribution in [1.29, 1.82) is 0 Å². The van der Waals surface area contributed by atoms with Gasteiger partial charge >= 0.3 is 0 Å². The highest BCUT2D eigenvalue weighted by Gasteiger charge is 2.19. The number of anilines is 1. The number of fused-ring (bicyclic) bond motifs is 1. The third kappa shape index (κ3) is 4.66. The van der Waals surface area contributed by atoms with Crippen molar-refractivity contribution in [2.24, 2.45) is 0 Å². The Morgan fingerprint density at radius 3 is 2.71 bits per heavy atom. The molecule has 1 amide bonds. The van der Waals surface area contributed by atoms with Gasteiger partial charge in [0.15, 0.2) is 6.79 Å². The van der Waals surface area contributed by atoms with Crippen LogP contribution in [-0.2, 0) is 22.7 Å². The van der Waals surface area contributed by atoms with Crippen LogP contribution in [0, 0.1) is 10.1 Å². The molecular formula is C20H21N3O5. The number of hydrogen-bond donors (Lipinski definition) is 1. The molecule has 146 valence electrons. The van der Waals surface area contributed by atoms with E-state index in [1.54, 1.807) is 0 Å². The molecule has 0 radical (unpaired) electrons. The van der Waals surface area contributed by atoms with Gasteiger partial charge in [-0.3, -0.25) is 14.9 Å². The van der Waals surface area contributed by atoms with Gasteiger partial charge in [0.25, 0.3) is 5.69 Å². The highest BCUT2D eigenvalue weighted by molar-refractivity contribution is 5.92. The molecule has 1 aliphatic heterocycles. The topological polar surface area (TPSA) is 93.9 Å². The van der Waals surface area contributed by atoms with Crippen LogP contribution in [0.3, 0.4) is 0 Å². The van der Waals surface area contributed by atoms with E-state index in [-0.39, 0.29) is 25.0 Å². The summed E-state index contributed by atoms with van der Waals surface area (Å²) in [7, 11) is 3.92. The Bertz CT molecular complexity index is 907. The number of nitro groups is 1. The molecule has 0 aromatic heterocycles. The predicted octanol–water partition coefficient (Wildman–Crippen LogP) is 2.86. The number of hydrogen-bond acceptors (Lipinski definition) is 6.